The number of benzene rings is 2. The Morgan fingerprint density at radius 3 is 1.68 bits per heavy atom. The second-order valence-corrected chi connectivity index (χ2v) is 13.2. The normalized spacial score (nSPS) is 17.0. The number of nitrogens with zero attached hydrogens (tertiary/aromatic N) is 1. The van der Waals surface area contributed by atoms with Crippen LogP contribution in [0.5, 0.6) is 0 Å². The number of fused-ring (bicyclic) bond motifs is 3. The van der Waals surface area contributed by atoms with Crippen molar-refractivity contribution in [3.8, 4) is 0 Å². The summed E-state index contributed by atoms with van der Waals surface area (Å²) >= 11 is 0. The van der Waals surface area contributed by atoms with Crippen molar-refractivity contribution in [2.24, 2.45) is 0 Å². The largest absolute Gasteiger partial charge is 0.340 e. The zero-order chi connectivity index (χ0) is 19.0. The van der Waals surface area contributed by atoms with Gasteiger partial charge in [-0.25, -0.2) is 0 Å². The number of allylic oxidation sites excluding steroid dienone is 8. The van der Waals surface area contributed by atoms with Gasteiger partial charge in [0.15, 0.2) is 0 Å². The van der Waals surface area contributed by atoms with E-state index in [1.165, 1.54) is 34.3 Å². The van der Waals surface area contributed by atoms with Crippen LogP contribution in [0.2, 0.25) is 23.7 Å². The molecule has 0 amide bonds. The van der Waals surface area contributed by atoms with Crippen LogP contribution in [0.25, 0.3) is 21.8 Å². The monoisotopic (exact) mass is 381 g/mol. The van der Waals surface area contributed by atoms with E-state index in [0.717, 1.165) is 6.54 Å². The molecule has 0 spiro atoms. The fourth-order valence-electron chi connectivity index (χ4n) is 5.16. The minimum absolute atomic E-state index is 0.656. The van der Waals surface area contributed by atoms with Crippen molar-refractivity contribution < 1.29 is 0 Å². The Balaban J connectivity index is 1.44. The van der Waals surface area contributed by atoms with Gasteiger partial charge in [-0.2, -0.15) is 0 Å². The quantitative estimate of drug-likeness (QED) is 0.396. The molecule has 2 heteroatoms. The van der Waals surface area contributed by atoms with Gasteiger partial charge in [0.05, 0.1) is 8.07 Å². The van der Waals surface area contributed by atoms with Crippen LogP contribution in [0.4, 0.5) is 0 Å². The van der Waals surface area contributed by atoms with Gasteiger partial charge in [-0.1, -0.05) is 97.6 Å². The fraction of sp³-hybridized carbons (Fsp3) is 0.231. The molecule has 0 atom stereocenters. The zero-order valence-corrected chi connectivity index (χ0v) is 17.5. The summed E-state index contributed by atoms with van der Waals surface area (Å²) in [5.74, 6) is 0. The van der Waals surface area contributed by atoms with E-state index < -0.39 is 8.07 Å². The third-order valence-electron chi connectivity index (χ3n) is 6.80. The van der Waals surface area contributed by atoms with Gasteiger partial charge in [0.1, 0.15) is 0 Å². The third kappa shape index (κ3) is 2.84. The molecule has 0 saturated carbocycles. The van der Waals surface area contributed by atoms with E-state index in [9.17, 15) is 0 Å². The summed E-state index contributed by atoms with van der Waals surface area (Å²) < 4.78 is 2.54. The SMILES string of the molecule is C[Si](CCCn1c2ccccc2c2ccccc21)(C1C=CC=C1)C1C=CC=C1. The number of para-hydroxylation sites is 2. The topological polar surface area (TPSA) is 4.93 Å². The Morgan fingerprint density at radius 1 is 0.714 bits per heavy atom. The van der Waals surface area contributed by atoms with Crippen LogP contribution in [0.1, 0.15) is 6.42 Å². The van der Waals surface area contributed by atoms with Gasteiger partial charge in [-0.05, 0) is 29.6 Å². The minimum Gasteiger partial charge on any atom is -0.340 e. The Kier molecular flexibility index (Phi) is 4.44. The molecule has 1 nitrogen and oxygen atoms in total. The first-order chi connectivity index (χ1) is 13.8. The van der Waals surface area contributed by atoms with E-state index in [1.807, 2.05) is 0 Å². The lowest BCUT2D eigenvalue weighted by Gasteiger charge is -2.36. The molecule has 1 aromatic heterocycles. The maximum Gasteiger partial charge on any atom is 0.0729 e. The number of aromatic nitrogens is 1. The van der Waals surface area contributed by atoms with E-state index in [-0.39, 0.29) is 0 Å². The van der Waals surface area contributed by atoms with Crippen molar-refractivity contribution in [2.45, 2.75) is 36.6 Å². The molecule has 2 aliphatic carbocycles. The first-order valence-electron chi connectivity index (χ1n) is 10.4. The highest BCUT2D eigenvalue weighted by Gasteiger charge is 2.39. The van der Waals surface area contributed by atoms with Gasteiger partial charge >= 0.3 is 0 Å². The summed E-state index contributed by atoms with van der Waals surface area (Å²) in [6, 6.07) is 19.0. The molecule has 0 N–H and O–H groups in total. The molecular formula is C26H27NSi. The van der Waals surface area contributed by atoms with Gasteiger partial charge < -0.3 is 4.57 Å². The summed E-state index contributed by atoms with van der Waals surface area (Å²) in [7, 11) is -1.51. The lowest BCUT2D eigenvalue weighted by molar-refractivity contribution is 0.711. The molecule has 0 saturated heterocycles. The highest BCUT2D eigenvalue weighted by Crippen LogP contribution is 2.44. The Labute approximate surface area is 168 Å². The fourth-order valence-corrected chi connectivity index (χ4v) is 9.39. The van der Waals surface area contributed by atoms with Crippen molar-refractivity contribution in [1.82, 2.24) is 4.57 Å². The number of hydrogen-bond donors (Lipinski definition) is 0. The van der Waals surface area contributed by atoms with Gasteiger partial charge in [0, 0.05) is 28.4 Å². The first-order valence-corrected chi connectivity index (χ1v) is 13.3. The summed E-state index contributed by atoms with van der Waals surface area (Å²) in [5.41, 5.74) is 4.05. The van der Waals surface area contributed by atoms with E-state index in [2.05, 4.69) is 108 Å². The van der Waals surface area contributed by atoms with Gasteiger partial charge in [-0.15, -0.1) is 0 Å². The van der Waals surface area contributed by atoms with Gasteiger partial charge in [-0.3, -0.25) is 0 Å². The number of rotatable bonds is 6. The second kappa shape index (κ2) is 7.10. The Hall–Kier alpha value is -2.58. The lowest BCUT2D eigenvalue weighted by atomic mass is 10.2. The standard InChI is InChI=1S/C26H27NSi/c1-28(21-11-2-3-12-21,22-13-4-5-14-22)20-10-19-27-25-17-8-6-15-23(25)24-16-7-9-18-26(24)27/h2-9,11-18,21-22H,10,19-20H2,1H3. The van der Waals surface area contributed by atoms with Crippen molar-refractivity contribution in [3.63, 3.8) is 0 Å². The predicted octanol–water partition coefficient (Wildman–Crippen LogP) is 7.26. The number of aryl methyl sites for hydroxylation is 1. The Morgan fingerprint density at radius 2 is 1.18 bits per heavy atom. The van der Waals surface area contributed by atoms with E-state index in [1.54, 1.807) is 0 Å². The maximum absolute atomic E-state index is 2.61. The molecule has 0 radical (unpaired) electrons. The van der Waals surface area contributed by atoms with Crippen molar-refractivity contribution in [1.29, 1.82) is 0 Å². The van der Waals surface area contributed by atoms with Crippen molar-refractivity contribution >= 4 is 29.9 Å². The molecule has 0 fully saturated rings. The lowest BCUT2D eigenvalue weighted by Crippen LogP contribution is -2.38. The average molecular weight is 382 g/mol. The zero-order valence-electron chi connectivity index (χ0n) is 16.5. The Bertz CT molecular complexity index is 1020. The average Bonchev–Trinajstić information content (AvgIpc) is 3.49. The van der Waals surface area contributed by atoms with Crippen LogP contribution < -0.4 is 0 Å². The molecule has 0 unspecified atom stereocenters. The van der Waals surface area contributed by atoms with E-state index in [0.29, 0.717) is 11.1 Å². The number of hydrogen-bond acceptors (Lipinski definition) is 0. The summed E-state index contributed by atoms with van der Waals surface area (Å²) in [4.78, 5) is 0. The molecule has 2 aromatic carbocycles. The maximum atomic E-state index is 2.61. The molecular weight excluding hydrogens is 354 g/mol. The van der Waals surface area contributed by atoms with Crippen LogP contribution in [-0.2, 0) is 6.54 Å². The first kappa shape index (κ1) is 17.5. The smallest absolute Gasteiger partial charge is 0.0729 e. The highest BCUT2D eigenvalue weighted by atomic mass is 28.3. The summed E-state index contributed by atoms with van der Waals surface area (Å²) in [6.45, 7) is 3.70. The summed E-state index contributed by atoms with van der Waals surface area (Å²) in [5, 5.41) is 2.75. The van der Waals surface area contributed by atoms with Gasteiger partial charge in [0.2, 0.25) is 0 Å². The van der Waals surface area contributed by atoms with Crippen LogP contribution >= 0.6 is 0 Å². The van der Waals surface area contributed by atoms with Crippen molar-refractivity contribution in [3.05, 3.63) is 97.1 Å². The van der Waals surface area contributed by atoms with Crippen LogP contribution in [-0.4, -0.2) is 12.6 Å². The van der Waals surface area contributed by atoms with E-state index >= 15 is 0 Å². The third-order valence-corrected chi connectivity index (χ3v) is 12.0. The van der Waals surface area contributed by atoms with Crippen LogP contribution in [0, 0.1) is 0 Å². The molecule has 2 aliphatic rings. The highest BCUT2D eigenvalue weighted by molar-refractivity contribution is 6.83. The molecule has 0 bridgehead atoms. The molecule has 5 rings (SSSR count). The molecule has 28 heavy (non-hydrogen) atoms. The van der Waals surface area contributed by atoms with Crippen LogP contribution in [0.15, 0.2) is 97.1 Å². The molecule has 1 heterocycles. The van der Waals surface area contributed by atoms with Crippen LogP contribution in [0.3, 0.4) is 0 Å². The summed E-state index contributed by atoms with van der Waals surface area (Å²) in [6.07, 6.45) is 20.0. The predicted molar refractivity (Wildman–Crippen MR) is 125 cm³/mol. The van der Waals surface area contributed by atoms with Crippen molar-refractivity contribution in [2.75, 3.05) is 0 Å². The molecule has 140 valence electrons. The van der Waals surface area contributed by atoms with Gasteiger partial charge in [0.25, 0.3) is 0 Å². The molecule has 3 aromatic rings. The minimum atomic E-state index is -1.51. The molecule has 0 aliphatic heterocycles. The van der Waals surface area contributed by atoms with E-state index in [4.69, 9.17) is 0 Å². The second-order valence-electron chi connectivity index (χ2n) is 8.39.